The minimum Gasteiger partial charge on any atom is -0.294 e. The van der Waals surface area contributed by atoms with Crippen LogP contribution >= 0.6 is 11.8 Å². The van der Waals surface area contributed by atoms with Gasteiger partial charge in [-0.2, -0.15) is 11.8 Å². The van der Waals surface area contributed by atoms with Gasteiger partial charge in [0.2, 0.25) is 5.91 Å². The summed E-state index contributed by atoms with van der Waals surface area (Å²) in [4.78, 5) is 10.8. The molecule has 0 saturated carbocycles. The number of nitrogens with one attached hydrogen (secondary N) is 1. The maximum atomic E-state index is 10.8. The van der Waals surface area contributed by atoms with Gasteiger partial charge < -0.3 is 0 Å². The van der Waals surface area contributed by atoms with Crippen LogP contribution in [0.4, 0.5) is 0 Å². The molecule has 5 nitrogen and oxygen atoms in total. The number of hydrogen-bond donors (Lipinski definition) is 2. The molecule has 0 radical (unpaired) electrons. The third kappa shape index (κ3) is 10.0. The summed E-state index contributed by atoms with van der Waals surface area (Å²) in [5.74, 6) is 5.50. The second-order valence-corrected chi connectivity index (χ2v) is 7.22. The van der Waals surface area contributed by atoms with Crippen LogP contribution in [0.3, 0.4) is 0 Å². The molecule has 0 heterocycles. The van der Waals surface area contributed by atoms with Crippen molar-refractivity contribution < 1.29 is 13.2 Å². The molecule has 0 aromatic heterocycles. The van der Waals surface area contributed by atoms with Gasteiger partial charge in [0.1, 0.15) is 9.84 Å². The molecule has 0 aliphatic carbocycles. The Balaban J connectivity index is 3.58. The predicted octanol–water partition coefficient (Wildman–Crippen LogP) is -0.0772. The molecule has 7 heteroatoms. The van der Waals surface area contributed by atoms with Crippen LogP contribution in [0.15, 0.2) is 0 Å². The van der Waals surface area contributed by atoms with Crippen molar-refractivity contribution in [2.45, 2.75) is 25.0 Å². The van der Waals surface area contributed by atoms with Crippen molar-refractivity contribution in [2.75, 3.05) is 17.8 Å². The molecule has 0 saturated heterocycles. The first kappa shape index (κ1) is 14.7. The molecule has 0 aromatic carbocycles. The molecule has 0 aliphatic rings. The molecule has 1 atom stereocenters. The number of sulfone groups is 1. The van der Waals surface area contributed by atoms with Gasteiger partial charge in [-0.05, 0) is 6.42 Å². The van der Waals surface area contributed by atoms with Gasteiger partial charge in [0.15, 0.2) is 0 Å². The van der Waals surface area contributed by atoms with Gasteiger partial charge in [-0.1, -0.05) is 6.92 Å². The number of thioether (sulfide) groups is 1. The Hall–Kier alpha value is -0.270. The average molecular weight is 254 g/mol. The maximum absolute atomic E-state index is 10.8. The molecule has 1 amide bonds. The number of carbonyl (C=O) groups is 1. The Labute approximate surface area is 95.1 Å². The number of hydrazine groups is 1. The second-order valence-electron chi connectivity index (χ2n) is 3.42. The first-order valence-electron chi connectivity index (χ1n) is 4.64. The summed E-state index contributed by atoms with van der Waals surface area (Å²) in [5.41, 5.74) is 2.06. The lowest BCUT2D eigenvalue weighted by Gasteiger charge is -2.09. The van der Waals surface area contributed by atoms with E-state index in [0.717, 1.165) is 0 Å². The molecular weight excluding hydrogens is 236 g/mol. The molecule has 0 fully saturated rings. The van der Waals surface area contributed by atoms with Gasteiger partial charge in [0.25, 0.3) is 0 Å². The molecule has 0 aliphatic heterocycles. The lowest BCUT2D eigenvalue weighted by atomic mass is 10.2. The van der Waals surface area contributed by atoms with E-state index in [4.69, 9.17) is 5.84 Å². The summed E-state index contributed by atoms with van der Waals surface area (Å²) < 4.78 is 21.7. The van der Waals surface area contributed by atoms with Crippen LogP contribution in [-0.2, 0) is 14.6 Å². The highest BCUT2D eigenvalue weighted by molar-refractivity contribution is 8.01. The van der Waals surface area contributed by atoms with E-state index in [1.165, 1.54) is 6.26 Å². The molecule has 0 rings (SSSR count). The van der Waals surface area contributed by atoms with Crippen LogP contribution in [0.5, 0.6) is 0 Å². The summed E-state index contributed by atoms with van der Waals surface area (Å²) in [6, 6.07) is 0. The number of carbonyl (C=O) groups excluding carboxylic acids is 1. The summed E-state index contributed by atoms with van der Waals surface area (Å²) in [6.45, 7) is 1.97. The summed E-state index contributed by atoms with van der Waals surface area (Å²) in [5, 5.41) is 0.268. The first-order chi connectivity index (χ1) is 6.85. The Morgan fingerprint density at radius 1 is 1.53 bits per heavy atom. The molecule has 3 N–H and O–H groups in total. The van der Waals surface area contributed by atoms with Crippen molar-refractivity contribution in [1.29, 1.82) is 0 Å². The minimum absolute atomic E-state index is 0.186. The van der Waals surface area contributed by atoms with Gasteiger partial charge in [-0.25, -0.2) is 14.3 Å². The zero-order chi connectivity index (χ0) is 11.9. The van der Waals surface area contributed by atoms with Gasteiger partial charge in [-0.15, -0.1) is 0 Å². The van der Waals surface area contributed by atoms with E-state index in [1.807, 2.05) is 6.92 Å². The average Bonchev–Trinajstić information content (AvgIpc) is 2.12. The normalized spacial score (nSPS) is 13.5. The van der Waals surface area contributed by atoms with Crippen LogP contribution in [0.1, 0.15) is 19.8 Å². The highest BCUT2D eigenvalue weighted by Crippen LogP contribution is 2.15. The van der Waals surface area contributed by atoms with E-state index in [2.05, 4.69) is 5.43 Å². The lowest BCUT2D eigenvalue weighted by Crippen LogP contribution is -2.30. The first-order valence-corrected chi connectivity index (χ1v) is 7.75. The van der Waals surface area contributed by atoms with Crippen molar-refractivity contribution >= 4 is 27.5 Å². The monoisotopic (exact) mass is 254 g/mol. The van der Waals surface area contributed by atoms with Crippen LogP contribution in [0.2, 0.25) is 0 Å². The quantitative estimate of drug-likeness (QED) is 0.377. The fraction of sp³-hybridized carbons (Fsp3) is 0.875. The van der Waals surface area contributed by atoms with Crippen LogP contribution < -0.4 is 11.3 Å². The Kier molecular flexibility index (Phi) is 6.95. The zero-order valence-corrected chi connectivity index (χ0v) is 10.7. The maximum Gasteiger partial charge on any atom is 0.233 e. The van der Waals surface area contributed by atoms with E-state index >= 15 is 0 Å². The van der Waals surface area contributed by atoms with Crippen LogP contribution in [-0.4, -0.2) is 37.3 Å². The number of rotatable bonds is 7. The third-order valence-electron chi connectivity index (χ3n) is 1.80. The molecule has 15 heavy (non-hydrogen) atoms. The Morgan fingerprint density at radius 2 is 2.13 bits per heavy atom. The molecule has 0 bridgehead atoms. The van der Waals surface area contributed by atoms with Gasteiger partial charge >= 0.3 is 0 Å². The summed E-state index contributed by atoms with van der Waals surface area (Å²) in [6.07, 6.45) is 2.31. The zero-order valence-electron chi connectivity index (χ0n) is 9.02. The number of amides is 1. The SMILES string of the molecule is CC(CCC(=O)NN)SCCS(C)(=O)=O. The summed E-state index contributed by atoms with van der Waals surface area (Å²) >= 11 is 1.56. The van der Waals surface area contributed by atoms with Crippen molar-refractivity contribution in [2.24, 2.45) is 5.84 Å². The Morgan fingerprint density at radius 3 is 2.60 bits per heavy atom. The van der Waals surface area contributed by atoms with Gasteiger partial charge in [0, 0.05) is 23.7 Å². The smallest absolute Gasteiger partial charge is 0.233 e. The largest absolute Gasteiger partial charge is 0.294 e. The van der Waals surface area contributed by atoms with E-state index in [0.29, 0.717) is 18.6 Å². The highest BCUT2D eigenvalue weighted by Gasteiger charge is 2.08. The number of nitrogens with two attached hydrogens (primary N) is 1. The number of hydrogen-bond acceptors (Lipinski definition) is 5. The fourth-order valence-corrected chi connectivity index (χ4v) is 3.17. The predicted molar refractivity (Wildman–Crippen MR) is 63.2 cm³/mol. The van der Waals surface area contributed by atoms with E-state index in [9.17, 15) is 13.2 Å². The topological polar surface area (TPSA) is 89.3 Å². The highest BCUT2D eigenvalue weighted by atomic mass is 32.2. The standard InChI is InChI=1S/C8H18N2O3S2/c1-7(3-4-8(11)10-9)14-5-6-15(2,12)13/h7H,3-6,9H2,1-2H3,(H,10,11). The van der Waals surface area contributed by atoms with Crippen LogP contribution in [0, 0.1) is 0 Å². The van der Waals surface area contributed by atoms with E-state index in [-0.39, 0.29) is 16.9 Å². The summed E-state index contributed by atoms with van der Waals surface area (Å²) in [7, 11) is -2.88. The van der Waals surface area contributed by atoms with E-state index < -0.39 is 9.84 Å². The van der Waals surface area contributed by atoms with Crippen molar-refractivity contribution in [1.82, 2.24) is 5.43 Å². The molecular formula is C8H18N2O3S2. The van der Waals surface area contributed by atoms with Crippen molar-refractivity contribution in [3.05, 3.63) is 0 Å². The van der Waals surface area contributed by atoms with E-state index in [1.54, 1.807) is 11.8 Å². The molecule has 1 unspecified atom stereocenters. The van der Waals surface area contributed by atoms with Crippen molar-refractivity contribution in [3.8, 4) is 0 Å². The Bertz CT molecular complexity index is 290. The lowest BCUT2D eigenvalue weighted by molar-refractivity contribution is -0.121. The molecule has 0 aromatic rings. The fourth-order valence-electron chi connectivity index (χ4n) is 0.891. The van der Waals surface area contributed by atoms with Crippen LogP contribution in [0.25, 0.3) is 0 Å². The van der Waals surface area contributed by atoms with Gasteiger partial charge in [-0.3, -0.25) is 10.2 Å². The van der Waals surface area contributed by atoms with Gasteiger partial charge in [0.05, 0.1) is 5.75 Å². The second kappa shape index (κ2) is 7.08. The minimum atomic E-state index is -2.88. The molecule has 0 spiro atoms. The van der Waals surface area contributed by atoms with Crippen molar-refractivity contribution in [3.63, 3.8) is 0 Å². The molecule has 90 valence electrons. The third-order valence-corrected chi connectivity index (χ3v) is 4.24.